The summed E-state index contributed by atoms with van der Waals surface area (Å²) in [5, 5.41) is 0. The maximum absolute atomic E-state index is 5.24. The highest BCUT2D eigenvalue weighted by molar-refractivity contribution is 6.51. The molecule has 0 aromatic heterocycles. The predicted octanol–water partition coefficient (Wildman–Crippen LogP) is -0.977. The van der Waals surface area contributed by atoms with E-state index in [0.29, 0.717) is 0 Å². The quantitative estimate of drug-likeness (QED) is 0.514. The van der Waals surface area contributed by atoms with Crippen LogP contribution in [0, 0.1) is 0 Å². The Morgan fingerprint density at radius 2 is 0.909 bits per heavy atom. The van der Waals surface area contributed by atoms with Crippen molar-refractivity contribution in [2.75, 3.05) is 28.4 Å². The van der Waals surface area contributed by atoms with Crippen molar-refractivity contribution >= 4 is 19.1 Å². The Bertz CT molecular complexity index is 74.6. The molecule has 5 nitrogen and oxygen atoms in total. The molecule has 0 unspecified atom stereocenters. The maximum atomic E-state index is 5.24. The SMILES string of the molecule is CO[SiH](OC)O[SiH](OC)OC. The van der Waals surface area contributed by atoms with Crippen molar-refractivity contribution in [2.24, 2.45) is 0 Å². The second-order valence-electron chi connectivity index (χ2n) is 1.66. The summed E-state index contributed by atoms with van der Waals surface area (Å²) in [5.41, 5.74) is 0. The molecule has 0 heterocycles. The van der Waals surface area contributed by atoms with Gasteiger partial charge in [-0.2, -0.15) is 0 Å². The van der Waals surface area contributed by atoms with Gasteiger partial charge in [-0.3, -0.25) is 0 Å². The molecule has 0 saturated heterocycles. The van der Waals surface area contributed by atoms with Gasteiger partial charge >= 0.3 is 19.1 Å². The van der Waals surface area contributed by atoms with E-state index in [0.717, 1.165) is 0 Å². The molecule has 0 N–H and O–H groups in total. The largest absolute Gasteiger partial charge is 0.476 e. The fourth-order valence-corrected chi connectivity index (χ4v) is 3.39. The zero-order valence-corrected chi connectivity index (χ0v) is 9.51. The first-order chi connectivity index (χ1) is 5.28. The molecule has 11 heavy (non-hydrogen) atoms. The van der Waals surface area contributed by atoms with Crippen LogP contribution in [-0.4, -0.2) is 47.5 Å². The molecule has 7 heteroatoms. The van der Waals surface area contributed by atoms with E-state index in [9.17, 15) is 0 Å². The molecule has 0 radical (unpaired) electrons. The fraction of sp³-hybridized carbons (Fsp3) is 1.00. The highest BCUT2D eigenvalue weighted by Gasteiger charge is 2.20. The molecule has 0 aliphatic rings. The van der Waals surface area contributed by atoms with E-state index in [2.05, 4.69) is 0 Å². The van der Waals surface area contributed by atoms with Crippen LogP contribution in [0.15, 0.2) is 0 Å². The summed E-state index contributed by atoms with van der Waals surface area (Å²) in [5.74, 6) is 0. The van der Waals surface area contributed by atoms with Crippen molar-refractivity contribution in [3.8, 4) is 0 Å². The third kappa shape index (κ3) is 4.64. The number of hydrogen-bond donors (Lipinski definition) is 0. The predicted molar refractivity (Wildman–Crippen MR) is 43.4 cm³/mol. The molecule has 0 aromatic rings. The molecule has 0 amide bonds. The van der Waals surface area contributed by atoms with E-state index in [1.54, 1.807) is 0 Å². The van der Waals surface area contributed by atoms with Crippen molar-refractivity contribution in [2.45, 2.75) is 0 Å². The van der Waals surface area contributed by atoms with Crippen molar-refractivity contribution < 1.29 is 21.8 Å². The summed E-state index contributed by atoms with van der Waals surface area (Å²) >= 11 is 0. The average Bonchev–Trinajstić information content (AvgIpc) is 2.07. The first-order valence-corrected chi connectivity index (χ1v) is 5.88. The van der Waals surface area contributed by atoms with Crippen LogP contribution < -0.4 is 0 Å². The van der Waals surface area contributed by atoms with Gasteiger partial charge in [0.25, 0.3) is 0 Å². The van der Waals surface area contributed by atoms with Gasteiger partial charge in [0.15, 0.2) is 0 Å². The van der Waals surface area contributed by atoms with E-state index < -0.39 is 19.1 Å². The summed E-state index contributed by atoms with van der Waals surface area (Å²) in [6.45, 7) is 0. The Hall–Kier alpha value is 0.234. The van der Waals surface area contributed by atoms with Crippen LogP contribution in [0.3, 0.4) is 0 Å². The Balaban J connectivity index is 3.58. The van der Waals surface area contributed by atoms with Gasteiger partial charge in [0.2, 0.25) is 0 Å². The lowest BCUT2D eigenvalue weighted by Crippen LogP contribution is -2.35. The normalized spacial score (nSPS) is 11.5. The Morgan fingerprint density at radius 3 is 1.09 bits per heavy atom. The van der Waals surface area contributed by atoms with Gasteiger partial charge < -0.3 is 21.8 Å². The lowest BCUT2D eigenvalue weighted by Gasteiger charge is -2.16. The summed E-state index contributed by atoms with van der Waals surface area (Å²) in [6.07, 6.45) is 0. The summed E-state index contributed by atoms with van der Waals surface area (Å²) < 4.78 is 24.8. The smallest absolute Gasteiger partial charge is 0.380 e. The minimum atomic E-state index is -1.97. The van der Waals surface area contributed by atoms with Crippen LogP contribution in [0.5, 0.6) is 0 Å². The molecular weight excluding hydrogens is 184 g/mol. The molecule has 0 aliphatic carbocycles. The second-order valence-corrected chi connectivity index (χ2v) is 5.79. The van der Waals surface area contributed by atoms with E-state index in [-0.39, 0.29) is 0 Å². The molecule has 0 spiro atoms. The van der Waals surface area contributed by atoms with E-state index in [1.807, 2.05) is 0 Å². The van der Waals surface area contributed by atoms with Crippen LogP contribution in [0.2, 0.25) is 0 Å². The molecule has 68 valence electrons. The second kappa shape index (κ2) is 6.91. The molecular formula is C4H14O5Si2. The lowest BCUT2D eigenvalue weighted by molar-refractivity contribution is 0.136. The standard InChI is InChI=1S/C4H14O5Si2/c1-5-10(6-2)9-11(7-3)8-4/h10-11H,1-4H3. The lowest BCUT2D eigenvalue weighted by atomic mass is 11.8. The molecule has 0 aromatic carbocycles. The Labute approximate surface area is 70.1 Å². The van der Waals surface area contributed by atoms with Gasteiger partial charge in [-0.15, -0.1) is 0 Å². The van der Waals surface area contributed by atoms with Crippen molar-refractivity contribution in [3.63, 3.8) is 0 Å². The van der Waals surface area contributed by atoms with Crippen molar-refractivity contribution in [1.82, 2.24) is 0 Å². The van der Waals surface area contributed by atoms with Crippen LogP contribution in [0.25, 0.3) is 0 Å². The topological polar surface area (TPSA) is 46.2 Å². The maximum Gasteiger partial charge on any atom is 0.476 e. The van der Waals surface area contributed by atoms with Gasteiger partial charge in [-0.05, 0) is 0 Å². The first-order valence-electron chi connectivity index (χ1n) is 3.05. The van der Waals surface area contributed by atoms with E-state index in [1.165, 1.54) is 28.4 Å². The molecule has 0 rings (SSSR count). The van der Waals surface area contributed by atoms with Crippen molar-refractivity contribution in [1.29, 1.82) is 0 Å². The number of rotatable bonds is 6. The minimum absolute atomic E-state index is 1.54. The highest BCUT2D eigenvalue weighted by atomic mass is 28.4. The molecule has 0 atom stereocenters. The minimum Gasteiger partial charge on any atom is -0.380 e. The summed E-state index contributed by atoms with van der Waals surface area (Å²) in [7, 11) is 2.21. The zero-order valence-electron chi connectivity index (χ0n) is 7.20. The van der Waals surface area contributed by atoms with Gasteiger partial charge in [-0.1, -0.05) is 0 Å². The van der Waals surface area contributed by atoms with Gasteiger partial charge in [0, 0.05) is 28.4 Å². The third-order valence-corrected chi connectivity index (χ3v) is 4.31. The Kier molecular flexibility index (Phi) is 7.06. The Morgan fingerprint density at radius 1 is 0.636 bits per heavy atom. The molecule has 0 bridgehead atoms. The van der Waals surface area contributed by atoms with Gasteiger partial charge in [0.1, 0.15) is 0 Å². The van der Waals surface area contributed by atoms with E-state index >= 15 is 0 Å². The van der Waals surface area contributed by atoms with Crippen LogP contribution in [0.4, 0.5) is 0 Å². The zero-order chi connectivity index (χ0) is 8.69. The highest BCUT2D eigenvalue weighted by Crippen LogP contribution is 1.94. The number of hydrogen-bond acceptors (Lipinski definition) is 5. The van der Waals surface area contributed by atoms with Gasteiger partial charge in [0.05, 0.1) is 0 Å². The van der Waals surface area contributed by atoms with E-state index in [4.69, 9.17) is 21.8 Å². The van der Waals surface area contributed by atoms with Crippen LogP contribution in [0.1, 0.15) is 0 Å². The average molecular weight is 198 g/mol. The molecule has 0 aliphatic heterocycles. The third-order valence-electron chi connectivity index (χ3n) is 0.992. The fourth-order valence-electron chi connectivity index (χ4n) is 0.505. The molecule has 0 saturated carbocycles. The molecule has 0 fully saturated rings. The van der Waals surface area contributed by atoms with Gasteiger partial charge in [-0.25, -0.2) is 0 Å². The summed E-state index contributed by atoms with van der Waals surface area (Å²) in [6, 6.07) is 0. The summed E-state index contributed by atoms with van der Waals surface area (Å²) in [4.78, 5) is 0. The monoisotopic (exact) mass is 198 g/mol. The first kappa shape index (κ1) is 11.2. The van der Waals surface area contributed by atoms with Crippen LogP contribution >= 0.6 is 0 Å². The van der Waals surface area contributed by atoms with Crippen LogP contribution in [-0.2, 0) is 21.8 Å². The van der Waals surface area contributed by atoms with Crippen molar-refractivity contribution in [3.05, 3.63) is 0 Å².